The lowest BCUT2D eigenvalue weighted by molar-refractivity contribution is -0.251. The number of hydrogen-bond acceptors (Lipinski definition) is 3. The molecule has 2 aromatic rings. The van der Waals surface area contributed by atoms with E-state index in [4.69, 9.17) is 0 Å². The number of aromatic nitrogens is 1. The minimum atomic E-state index is -4.55. The van der Waals surface area contributed by atoms with E-state index in [-0.39, 0.29) is 14.7 Å². The molecule has 0 bridgehead atoms. The van der Waals surface area contributed by atoms with Gasteiger partial charge in [0, 0.05) is 5.56 Å². The number of ether oxygens (including phenoxy) is 1. The van der Waals surface area contributed by atoms with E-state index in [1.165, 1.54) is 0 Å². The second-order valence-corrected chi connectivity index (χ2v) is 5.67. The molecule has 1 aromatic carbocycles. The summed E-state index contributed by atoms with van der Waals surface area (Å²) < 4.78 is 54.5. The molecule has 2 nitrogen and oxygen atoms in total. The molecule has 0 aliphatic carbocycles. The predicted octanol–water partition coefficient (Wildman–Crippen LogP) is 4.81. The van der Waals surface area contributed by atoms with Crippen molar-refractivity contribution in [2.24, 2.45) is 0 Å². The third kappa shape index (κ3) is 3.24. The van der Waals surface area contributed by atoms with Crippen molar-refractivity contribution < 1.29 is 22.3 Å². The van der Waals surface area contributed by atoms with Crippen LogP contribution in [0.4, 0.5) is 17.6 Å². The van der Waals surface area contributed by atoms with Gasteiger partial charge in [-0.1, -0.05) is 41.7 Å². The van der Waals surface area contributed by atoms with Crippen LogP contribution >= 0.6 is 27.3 Å². The molecule has 0 amide bonds. The number of nitrogens with zero attached hydrogens (tertiary/aromatic N) is 1. The Morgan fingerprint density at radius 3 is 2.42 bits per heavy atom. The summed E-state index contributed by atoms with van der Waals surface area (Å²) in [6, 6.07) is 8.33. The Hall–Kier alpha value is -1.15. The van der Waals surface area contributed by atoms with Crippen LogP contribution in [-0.2, 0) is 0 Å². The molecule has 0 fully saturated rings. The van der Waals surface area contributed by atoms with E-state index in [0.717, 1.165) is 11.3 Å². The Bertz CT molecular complexity index is 561. The van der Waals surface area contributed by atoms with Crippen molar-refractivity contribution in [2.75, 3.05) is 0 Å². The minimum absolute atomic E-state index is 0.0952. The summed E-state index contributed by atoms with van der Waals surface area (Å²) in [6.45, 7) is 0. The van der Waals surface area contributed by atoms with Gasteiger partial charge in [-0.3, -0.25) is 0 Å². The van der Waals surface area contributed by atoms with E-state index in [0.29, 0.717) is 5.56 Å². The molecule has 0 N–H and O–H groups in total. The summed E-state index contributed by atoms with van der Waals surface area (Å²) in [4.78, 5) is 3.96. The molecule has 0 unspecified atom stereocenters. The average Bonchev–Trinajstić information content (AvgIpc) is 2.70. The first kappa shape index (κ1) is 14.3. The van der Waals surface area contributed by atoms with Crippen LogP contribution in [0.5, 0.6) is 5.06 Å². The Morgan fingerprint density at radius 2 is 1.84 bits per heavy atom. The van der Waals surface area contributed by atoms with Gasteiger partial charge in [-0.15, -0.1) is 0 Å². The summed E-state index contributed by atoms with van der Waals surface area (Å²) in [5.74, 6) is 0. The average molecular weight is 356 g/mol. The molecule has 1 aromatic heterocycles. The van der Waals surface area contributed by atoms with Crippen molar-refractivity contribution in [3.05, 3.63) is 34.2 Å². The number of benzene rings is 1. The fourth-order valence-electron chi connectivity index (χ4n) is 1.30. The lowest BCUT2D eigenvalue weighted by Gasteiger charge is -2.15. The van der Waals surface area contributed by atoms with Crippen LogP contribution in [0.3, 0.4) is 0 Å². The van der Waals surface area contributed by atoms with E-state index in [1.807, 2.05) is 0 Å². The SMILES string of the molecule is FC(F)C(F)(F)Oc1sc(Br)nc1-c1ccccc1. The maximum atomic E-state index is 12.9. The van der Waals surface area contributed by atoms with Crippen LogP contribution in [0.2, 0.25) is 0 Å². The molecular weight excluding hydrogens is 350 g/mol. The lowest BCUT2D eigenvalue weighted by atomic mass is 10.2. The highest BCUT2D eigenvalue weighted by molar-refractivity contribution is 9.11. The van der Waals surface area contributed by atoms with Crippen LogP contribution in [-0.4, -0.2) is 17.5 Å². The maximum Gasteiger partial charge on any atom is 0.461 e. The molecule has 0 atom stereocenters. The number of halogens is 5. The van der Waals surface area contributed by atoms with E-state index in [2.05, 4.69) is 25.7 Å². The van der Waals surface area contributed by atoms with Gasteiger partial charge < -0.3 is 4.74 Å². The predicted molar refractivity (Wildman–Crippen MR) is 66.8 cm³/mol. The van der Waals surface area contributed by atoms with Gasteiger partial charge in [0.15, 0.2) is 3.92 Å². The van der Waals surface area contributed by atoms with Crippen molar-refractivity contribution in [3.8, 4) is 16.3 Å². The first-order valence-electron chi connectivity index (χ1n) is 4.97. The molecule has 1 heterocycles. The van der Waals surface area contributed by atoms with Crippen LogP contribution in [0.1, 0.15) is 0 Å². The highest BCUT2D eigenvalue weighted by Gasteiger charge is 2.45. The summed E-state index contributed by atoms with van der Waals surface area (Å²) in [6.07, 6.45) is -8.45. The molecule has 0 aliphatic rings. The van der Waals surface area contributed by atoms with Gasteiger partial charge >= 0.3 is 12.5 Å². The highest BCUT2D eigenvalue weighted by atomic mass is 79.9. The zero-order chi connectivity index (χ0) is 14.0. The Kier molecular flexibility index (Phi) is 4.10. The van der Waals surface area contributed by atoms with Gasteiger partial charge in [0.05, 0.1) is 0 Å². The van der Waals surface area contributed by atoms with Gasteiger partial charge in [0.25, 0.3) is 0 Å². The third-order valence-electron chi connectivity index (χ3n) is 2.10. The number of thiazole rings is 1. The van der Waals surface area contributed by atoms with E-state index >= 15 is 0 Å². The normalized spacial score (nSPS) is 11.9. The summed E-state index contributed by atoms with van der Waals surface area (Å²) >= 11 is 3.74. The first-order chi connectivity index (χ1) is 8.90. The fraction of sp³-hybridized carbons (Fsp3) is 0.182. The molecule has 0 spiro atoms. The van der Waals surface area contributed by atoms with Crippen molar-refractivity contribution >= 4 is 27.3 Å². The van der Waals surface area contributed by atoms with Gasteiger partial charge in [-0.2, -0.15) is 17.6 Å². The summed E-state index contributed by atoms with van der Waals surface area (Å²) in [7, 11) is 0. The largest absolute Gasteiger partial charge is 0.461 e. The molecule has 2 rings (SSSR count). The smallest absolute Gasteiger partial charge is 0.416 e. The molecule has 8 heteroatoms. The van der Waals surface area contributed by atoms with Gasteiger partial charge in [-0.25, -0.2) is 4.98 Å². The molecule has 19 heavy (non-hydrogen) atoms. The zero-order valence-electron chi connectivity index (χ0n) is 9.12. The zero-order valence-corrected chi connectivity index (χ0v) is 11.5. The summed E-state index contributed by atoms with van der Waals surface area (Å²) in [5.41, 5.74) is 0.599. The summed E-state index contributed by atoms with van der Waals surface area (Å²) in [5, 5.41) is -0.358. The van der Waals surface area contributed by atoms with Crippen LogP contribution in [0.15, 0.2) is 34.2 Å². The number of rotatable bonds is 4. The van der Waals surface area contributed by atoms with Crippen molar-refractivity contribution in [1.82, 2.24) is 4.98 Å². The second-order valence-electron chi connectivity index (χ2n) is 3.43. The van der Waals surface area contributed by atoms with Crippen LogP contribution in [0, 0.1) is 0 Å². The van der Waals surface area contributed by atoms with Crippen molar-refractivity contribution in [2.45, 2.75) is 12.5 Å². The van der Waals surface area contributed by atoms with Crippen molar-refractivity contribution in [1.29, 1.82) is 0 Å². The molecular formula is C11H6BrF4NOS. The van der Waals surface area contributed by atoms with E-state index in [1.54, 1.807) is 30.3 Å². The quantitative estimate of drug-likeness (QED) is 0.734. The third-order valence-corrected chi connectivity index (χ3v) is 3.48. The molecule has 102 valence electrons. The Labute approximate surface area is 118 Å². The fourth-order valence-corrected chi connectivity index (χ4v) is 2.62. The lowest BCUT2D eigenvalue weighted by Crippen LogP contribution is -2.33. The van der Waals surface area contributed by atoms with Crippen LogP contribution < -0.4 is 4.74 Å². The van der Waals surface area contributed by atoms with E-state index in [9.17, 15) is 17.6 Å². The van der Waals surface area contributed by atoms with Gasteiger partial charge in [0.1, 0.15) is 5.69 Å². The van der Waals surface area contributed by atoms with Crippen molar-refractivity contribution in [3.63, 3.8) is 0 Å². The molecule has 0 saturated heterocycles. The Balaban J connectivity index is 2.37. The van der Waals surface area contributed by atoms with Crippen LogP contribution in [0.25, 0.3) is 11.3 Å². The molecule has 0 saturated carbocycles. The minimum Gasteiger partial charge on any atom is -0.416 e. The van der Waals surface area contributed by atoms with Gasteiger partial charge in [0.2, 0.25) is 5.06 Å². The molecule has 0 radical (unpaired) electrons. The molecule has 0 aliphatic heterocycles. The second kappa shape index (κ2) is 5.46. The monoisotopic (exact) mass is 355 g/mol. The topological polar surface area (TPSA) is 22.1 Å². The van der Waals surface area contributed by atoms with Gasteiger partial charge in [-0.05, 0) is 15.9 Å². The number of hydrogen-bond donors (Lipinski definition) is 0. The number of alkyl halides is 4. The standard InChI is InChI=1S/C11H6BrF4NOS/c12-10-17-7(6-4-2-1-3-5-6)8(19-10)18-11(15,16)9(13)14/h1-5,9H. The van der Waals surface area contributed by atoms with E-state index < -0.39 is 12.5 Å². The first-order valence-corrected chi connectivity index (χ1v) is 6.58. The highest BCUT2D eigenvalue weighted by Crippen LogP contribution is 2.41. The maximum absolute atomic E-state index is 12.9. The Morgan fingerprint density at radius 1 is 1.21 bits per heavy atom.